The van der Waals surface area contributed by atoms with Crippen molar-refractivity contribution >= 4 is 44.9 Å². The van der Waals surface area contributed by atoms with Crippen molar-refractivity contribution in [3.63, 3.8) is 0 Å². The van der Waals surface area contributed by atoms with Crippen molar-refractivity contribution in [3.8, 4) is 0 Å². The lowest BCUT2D eigenvalue weighted by molar-refractivity contribution is -0.384. The first-order valence-corrected chi connectivity index (χ1v) is 9.84. The van der Waals surface area contributed by atoms with Crippen LogP contribution in [0.3, 0.4) is 0 Å². The summed E-state index contributed by atoms with van der Waals surface area (Å²) in [5.41, 5.74) is 0.733. The van der Waals surface area contributed by atoms with E-state index in [1.54, 1.807) is 29.4 Å². The van der Waals surface area contributed by atoms with Gasteiger partial charge in [-0.05, 0) is 30.4 Å². The lowest BCUT2D eigenvalue weighted by Crippen LogP contribution is -2.13. The summed E-state index contributed by atoms with van der Waals surface area (Å²) >= 11 is 3.08. The summed E-state index contributed by atoms with van der Waals surface area (Å²) in [4.78, 5) is 28.5. The fourth-order valence-corrected chi connectivity index (χ4v) is 4.32. The zero-order valence-corrected chi connectivity index (χ0v) is 15.8. The maximum Gasteiger partial charge on any atom is 0.271 e. The third-order valence-electron chi connectivity index (χ3n) is 3.77. The molecule has 1 amide bonds. The molecule has 2 aromatic carbocycles. The molecule has 0 aliphatic rings. The van der Waals surface area contributed by atoms with Crippen molar-refractivity contribution in [2.24, 2.45) is 12.0 Å². The highest BCUT2D eigenvalue weighted by Gasteiger charge is 2.11. The molecule has 0 atom stereocenters. The van der Waals surface area contributed by atoms with Crippen LogP contribution in [0.5, 0.6) is 0 Å². The van der Waals surface area contributed by atoms with Crippen LogP contribution < -0.4 is 4.80 Å². The Labute approximate surface area is 158 Å². The van der Waals surface area contributed by atoms with Crippen molar-refractivity contribution in [1.29, 1.82) is 0 Å². The van der Waals surface area contributed by atoms with Gasteiger partial charge in [-0.1, -0.05) is 29.5 Å². The van der Waals surface area contributed by atoms with E-state index in [1.807, 2.05) is 30.3 Å². The molecule has 3 rings (SSSR count). The Hall–Kier alpha value is -2.45. The zero-order valence-electron chi connectivity index (χ0n) is 14.1. The normalized spacial score (nSPS) is 11.8. The number of fused-ring (bicyclic) bond motifs is 1. The third kappa shape index (κ3) is 4.39. The van der Waals surface area contributed by atoms with Gasteiger partial charge in [-0.25, -0.2) is 0 Å². The second-order valence-electron chi connectivity index (χ2n) is 5.62. The van der Waals surface area contributed by atoms with Gasteiger partial charge < -0.3 is 4.57 Å². The second kappa shape index (κ2) is 8.29. The number of carbonyl (C=O) groups is 1. The van der Waals surface area contributed by atoms with Crippen molar-refractivity contribution in [2.45, 2.75) is 17.7 Å². The van der Waals surface area contributed by atoms with E-state index in [-0.39, 0.29) is 11.6 Å². The molecule has 0 bridgehead atoms. The van der Waals surface area contributed by atoms with Crippen LogP contribution >= 0.6 is 23.1 Å². The summed E-state index contributed by atoms with van der Waals surface area (Å²) in [6.07, 6.45) is 1.14. The number of amides is 1. The number of hydrogen-bond acceptors (Lipinski definition) is 5. The molecule has 134 valence electrons. The van der Waals surface area contributed by atoms with Gasteiger partial charge in [0.05, 0.1) is 15.1 Å². The Morgan fingerprint density at radius 1 is 1.27 bits per heavy atom. The molecule has 0 saturated heterocycles. The number of nitro groups is 1. The first-order chi connectivity index (χ1) is 12.5. The van der Waals surface area contributed by atoms with Gasteiger partial charge in [0.25, 0.3) is 5.69 Å². The van der Waals surface area contributed by atoms with Crippen LogP contribution in [0.1, 0.15) is 12.8 Å². The number of carbonyl (C=O) groups excluding carboxylic acids is 1. The smallest absolute Gasteiger partial charge is 0.271 e. The number of thiazole rings is 1. The maximum atomic E-state index is 12.1. The molecule has 0 saturated carbocycles. The Morgan fingerprint density at radius 2 is 2.04 bits per heavy atom. The molecule has 8 heteroatoms. The summed E-state index contributed by atoms with van der Waals surface area (Å²) in [5.74, 6) is 0.686. The summed E-state index contributed by atoms with van der Waals surface area (Å²) in [5, 5.41) is 10.9. The maximum absolute atomic E-state index is 12.1. The van der Waals surface area contributed by atoms with Crippen molar-refractivity contribution in [2.75, 3.05) is 5.75 Å². The minimum Gasteiger partial charge on any atom is -0.319 e. The van der Waals surface area contributed by atoms with E-state index in [0.29, 0.717) is 16.7 Å². The number of rotatable bonds is 6. The minimum absolute atomic E-state index is 0.0294. The Bertz CT molecular complexity index is 1010. The van der Waals surface area contributed by atoms with Crippen molar-refractivity contribution in [1.82, 2.24) is 4.57 Å². The monoisotopic (exact) mass is 387 g/mol. The molecule has 6 nitrogen and oxygen atoms in total. The standard InChI is InChI=1S/C18H17N3O3S2/c1-20-15-12-13(21(23)24)9-10-16(15)26-18(20)19-17(22)8-5-11-25-14-6-3-2-4-7-14/h2-4,6-7,9-10,12H,5,8,11H2,1H3. The SMILES string of the molecule is Cn1c(=NC(=O)CCCSc2ccccc2)sc2ccc([N+](=O)[O-])cc21. The number of benzene rings is 2. The van der Waals surface area contributed by atoms with Gasteiger partial charge in [0.15, 0.2) is 4.80 Å². The number of non-ortho nitro benzene ring substituents is 1. The molecule has 0 radical (unpaired) electrons. The summed E-state index contributed by atoms with van der Waals surface area (Å²) in [6, 6.07) is 14.7. The number of aryl methyl sites for hydroxylation is 1. The van der Waals surface area contributed by atoms with Gasteiger partial charge in [0.2, 0.25) is 5.91 Å². The van der Waals surface area contributed by atoms with Crippen LogP contribution in [0, 0.1) is 10.1 Å². The Kier molecular flexibility index (Phi) is 5.85. The number of aromatic nitrogens is 1. The molecule has 26 heavy (non-hydrogen) atoms. The highest BCUT2D eigenvalue weighted by molar-refractivity contribution is 7.99. The molecule has 3 aromatic rings. The van der Waals surface area contributed by atoms with Crippen molar-refractivity contribution < 1.29 is 9.72 Å². The van der Waals surface area contributed by atoms with E-state index in [4.69, 9.17) is 0 Å². The highest BCUT2D eigenvalue weighted by atomic mass is 32.2. The molecular weight excluding hydrogens is 370 g/mol. The molecule has 0 aliphatic carbocycles. The summed E-state index contributed by atoms with van der Waals surface area (Å²) in [6.45, 7) is 0. The lowest BCUT2D eigenvalue weighted by Gasteiger charge is -1.99. The van der Waals surface area contributed by atoms with E-state index in [2.05, 4.69) is 4.99 Å². The quantitative estimate of drug-likeness (QED) is 0.275. The molecule has 0 fully saturated rings. The van der Waals surface area contributed by atoms with E-state index >= 15 is 0 Å². The van der Waals surface area contributed by atoms with Crippen LogP contribution in [0.4, 0.5) is 5.69 Å². The van der Waals surface area contributed by atoms with E-state index in [1.165, 1.54) is 28.4 Å². The van der Waals surface area contributed by atoms with Crippen LogP contribution in [-0.4, -0.2) is 21.2 Å². The number of nitrogens with zero attached hydrogens (tertiary/aromatic N) is 3. The minimum atomic E-state index is -0.427. The van der Waals surface area contributed by atoms with Crippen LogP contribution in [-0.2, 0) is 11.8 Å². The number of thioether (sulfide) groups is 1. The van der Waals surface area contributed by atoms with Gasteiger partial charge in [0.1, 0.15) is 0 Å². The molecule has 1 aromatic heterocycles. The average molecular weight is 387 g/mol. The van der Waals surface area contributed by atoms with E-state index in [9.17, 15) is 14.9 Å². The summed E-state index contributed by atoms with van der Waals surface area (Å²) < 4.78 is 2.59. The third-order valence-corrected chi connectivity index (χ3v) is 5.98. The van der Waals surface area contributed by atoms with E-state index in [0.717, 1.165) is 16.9 Å². The second-order valence-corrected chi connectivity index (χ2v) is 7.80. The predicted octanol–water partition coefficient (Wildman–Crippen LogP) is 4.15. The topological polar surface area (TPSA) is 77.5 Å². The van der Waals surface area contributed by atoms with Crippen molar-refractivity contribution in [3.05, 3.63) is 63.4 Å². The molecule has 1 heterocycles. The van der Waals surface area contributed by atoms with Gasteiger partial charge in [-0.3, -0.25) is 14.9 Å². The van der Waals surface area contributed by atoms with Gasteiger partial charge >= 0.3 is 0 Å². The zero-order chi connectivity index (χ0) is 18.5. The molecule has 0 unspecified atom stereocenters. The first-order valence-electron chi connectivity index (χ1n) is 8.04. The van der Waals surface area contributed by atoms with Crippen LogP contribution in [0.2, 0.25) is 0 Å². The first kappa shape index (κ1) is 18.3. The number of hydrogen-bond donors (Lipinski definition) is 0. The number of nitro benzene ring substituents is 1. The lowest BCUT2D eigenvalue weighted by atomic mass is 10.3. The fraction of sp³-hybridized carbons (Fsp3) is 0.222. The van der Waals surface area contributed by atoms with Gasteiger partial charge in [0, 0.05) is 30.5 Å². The average Bonchev–Trinajstić information content (AvgIpc) is 2.95. The van der Waals surface area contributed by atoms with Crippen LogP contribution in [0.25, 0.3) is 10.2 Å². The molecule has 0 aliphatic heterocycles. The molecular formula is C18H17N3O3S2. The fourth-order valence-electron chi connectivity index (χ4n) is 2.43. The largest absolute Gasteiger partial charge is 0.319 e. The Balaban J connectivity index is 1.66. The molecule has 0 spiro atoms. The van der Waals surface area contributed by atoms with Crippen LogP contribution in [0.15, 0.2) is 58.4 Å². The van der Waals surface area contributed by atoms with E-state index < -0.39 is 4.92 Å². The van der Waals surface area contributed by atoms with Gasteiger partial charge in [-0.15, -0.1) is 11.8 Å². The highest BCUT2D eigenvalue weighted by Crippen LogP contribution is 2.22. The Morgan fingerprint density at radius 3 is 2.77 bits per heavy atom. The molecule has 0 N–H and O–H groups in total. The summed E-state index contributed by atoms with van der Waals surface area (Å²) in [7, 11) is 1.76. The van der Waals surface area contributed by atoms with Gasteiger partial charge in [-0.2, -0.15) is 4.99 Å². The predicted molar refractivity (Wildman–Crippen MR) is 104 cm³/mol.